The molecule has 20 heavy (non-hydrogen) atoms. The highest BCUT2D eigenvalue weighted by Gasteiger charge is 2.27. The summed E-state index contributed by atoms with van der Waals surface area (Å²) in [5, 5.41) is 2.25. The van der Waals surface area contributed by atoms with Gasteiger partial charge in [-0.2, -0.15) is 0 Å². The molecule has 0 bridgehead atoms. The third kappa shape index (κ3) is 2.15. The molecular weight excluding hydrogens is 269 g/mol. The number of fused-ring (bicyclic) bond motifs is 1. The molecule has 3 rings (SSSR count). The minimum absolute atomic E-state index is 0.616. The van der Waals surface area contributed by atoms with Crippen molar-refractivity contribution >= 4 is 28.9 Å². The van der Waals surface area contributed by atoms with Crippen molar-refractivity contribution in [1.29, 1.82) is 0 Å². The Labute approximate surface area is 117 Å². The normalized spacial score (nSPS) is 14.1. The molecule has 1 aromatic heterocycles. The fourth-order valence-corrected chi connectivity index (χ4v) is 4.01. The standard InChI is InChI=1S/C16H14NO2P/c1-19-20(18,14-8-3-2-4-9-14)15-11-13-7-5-6-10-16(13)17-12-15/h2-12H,1H3. The van der Waals surface area contributed by atoms with Crippen LogP contribution in [-0.4, -0.2) is 12.1 Å². The molecule has 0 amide bonds. The van der Waals surface area contributed by atoms with Crippen LogP contribution in [0.3, 0.4) is 0 Å². The number of pyridine rings is 1. The van der Waals surface area contributed by atoms with Crippen LogP contribution in [0.5, 0.6) is 0 Å². The Kier molecular flexibility index (Phi) is 3.39. The van der Waals surface area contributed by atoms with Gasteiger partial charge in [0.2, 0.25) is 0 Å². The molecule has 0 aliphatic heterocycles. The Morgan fingerprint density at radius 3 is 2.40 bits per heavy atom. The second kappa shape index (κ2) is 5.20. The Balaban J connectivity index is 2.19. The topological polar surface area (TPSA) is 39.2 Å². The third-order valence-electron chi connectivity index (χ3n) is 3.27. The first kappa shape index (κ1) is 13.0. The highest BCUT2D eigenvalue weighted by molar-refractivity contribution is 7.74. The molecule has 3 aromatic rings. The van der Waals surface area contributed by atoms with Crippen LogP contribution >= 0.6 is 7.37 Å². The maximum atomic E-state index is 13.2. The smallest absolute Gasteiger partial charge is 0.262 e. The summed E-state index contributed by atoms with van der Waals surface area (Å²) in [6.07, 6.45) is 1.64. The fourth-order valence-electron chi connectivity index (χ4n) is 2.20. The highest BCUT2D eigenvalue weighted by Crippen LogP contribution is 2.43. The Bertz CT molecular complexity index is 787. The van der Waals surface area contributed by atoms with Crippen LogP contribution in [0.25, 0.3) is 10.9 Å². The van der Waals surface area contributed by atoms with Gasteiger partial charge in [0.25, 0.3) is 7.37 Å². The highest BCUT2D eigenvalue weighted by atomic mass is 31.2. The summed E-state index contributed by atoms with van der Waals surface area (Å²) in [4.78, 5) is 4.37. The van der Waals surface area contributed by atoms with E-state index in [1.807, 2.05) is 60.7 Å². The van der Waals surface area contributed by atoms with Crippen molar-refractivity contribution in [2.45, 2.75) is 0 Å². The molecule has 3 nitrogen and oxygen atoms in total. The lowest BCUT2D eigenvalue weighted by atomic mass is 10.2. The summed E-state index contributed by atoms with van der Waals surface area (Å²) in [6.45, 7) is 0. The van der Waals surface area contributed by atoms with E-state index in [0.29, 0.717) is 10.6 Å². The van der Waals surface area contributed by atoms with Crippen LogP contribution in [0.15, 0.2) is 66.9 Å². The maximum absolute atomic E-state index is 13.2. The predicted octanol–water partition coefficient (Wildman–Crippen LogP) is 3.11. The van der Waals surface area contributed by atoms with Gasteiger partial charge < -0.3 is 4.52 Å². The Morgan fingerprint density at radius 2 is 1.65 bits per heavy atom. The van der Waals surface area contributed by atoms with Crippen molar-refractivity contribution in [3.63, 3.8) is 0 Å². The molecule has 100 valence electrons. The lowest BCUT2D eigenvalue weighted by molar-refractivity contribution is 0.412. The number of nitrogens with zero attached hydrogens (tertiary/aromatic N) is 1. The van der Waals surface area contributed by atoms with Crippen molar-refractivity contribution in [3.8, 4) is 0 Å². The van der Waals surface area contributed by atoms with Gasteiger partial charge in [0.15, 0.2) is 0 Å². The molecule has 0 spiro atoms. The van der Waals surface area contributed by atoms with Gasteiger partial charge in [-0.1, -0.05) is 36.4 Å². The summed E-state index contributed by atoms with van der Waals surface area (Å²) in [5.74, 6) is 0. The minimum atomic E-state index is -3.07. The summed E-state index contributed by atoms with van der Waals surface area (Å²) >= 11 is 0. The Hall–Kier alpha value is -1.96. The van der Waals surface area contributed by atoms with Gasteiger partial charge >= 0.3 is 0 Å². The number of aromatic nitrogens is 1. The number of hydrogen-bond donors (Lipinski definition) is 0. The van der Waals surface area contributed by atoms with Gasteiger partial charge in [-0.15, -0.1) is 0 Å². The number of hydrogen-bond acceptors (Lipinski definition) is 3. The SMILES string of the molecule is COP(=O)(c1ccccc1)c1cnc2ccccc2c1. The van der Waals surface area contributed by atoms with E-state index in [1.54, 1.807) is 6.20 Å². The summed E-state index contributed by atoms with van der Waals surface area (Å²) in [7, 11) is -1.60. The zero-order valence-electron chi connectivity index (χ0n) is 11.1. The summed E-state index contributed by atoms with van der Waals surface area (Å²) in [5.41, 5.74) is 0.881. The number of rotatable bonds is 3. The molecular formula is C16H14NO2P. The van der Waals surface area contributed by atoms with E-state index in [4.69, 9.17) is 4.52 Å². The molecule has 0 aliphatic rings. The van der Waals surface area contributed by atoms with Gasteiger partial charge in [0.1, 0.15) is 0 Å². The molecule has 0 N–H and O–H groups in total. The van der Waals surface area contributed by atoms with Crippen molar-refractivity contribution in [1.82, 2.24) is 4.98 Å². The van der Waals surface area contributed by atoms with Crippen LogP contribution < -0.4 is 10.6 Å². The molecule has 0 fully saturated rings. The predicted molar refractivity (Wildman–Crippen MR) is 82.1 cm³/mol. The van der Waals surface area contributed by atoms with E-state index < -0.39 is 7.37 Å². The molecule has 1 atom stereocenters. The second-order valence-corrected chi connectivity index (χ2v) is 6.96. The van der Waals surface area contributed by atoms with Crippen molar-refractivity contribution in [2.75, 3.05) is 7.11 Å². The van der Waals surface area contributed by atoms with Crippen molar-refractivity contribution < 1.29 is 9.09 Å². The maximum Gasteiger partial charge on any atom is 0.262 e. The monoisotopic (exact) mass is 283 g/mol. The lowest BCUT2D eigenvalue weighted by Crippen LogP contribution is -2.17. The Morgan fingerprint density at radius 1 is 0.950 bits per heavy atom. The lowest BCUT2D eigenvalue weighted by Gasteiger charge is -2.16. The first-order valence-electron chi connectivity index (χ1n) is 6.31. The van der Waals surface area contributed by atoms with Crippen LogP contribution in [-0.2, 0) is 9.09 Å². The third-order valence-corrected chi connectivity index (χ3v) is 5.69. The molecule has 0 aliphatic carbocycles. The van der Waals surface area contributed by atoms with Crippen LogP contribution in [0.2, 0.25) is 0 Å². The van der Waals surface area contributed by atoms with Gasteiger partial charge in [0.05, 0.1) is 10.8 Å². The van der Waals surface area contributed by atoms with Gasteiger partial charge in [0, 0.05) is 24.0 Å². The van der Waals surface area contributed by atoms with E-state index in [1.165, 1.54) is 7.11 Å². The number of para-hydroxylation sites is 1. The average Bonchev–Trinajstić information content (AvgIpc) is 2.54. The molecule has 0 saturated carbocycles. The van der Waals surface area contributed by atoms with Gasteiger partial charge in [-0.3, -0.25) is 9.55 Å². The molecule has 1 heterocycles. The van der Waals surface area contributed by atoms with Crippen molar-refractivity contribution in [2.24, 2.45) is 0 Å². The van der Waals surface area contributed by atoms with Crippen LogP contribution in [0.1, 0.15) is 0 Å². The van der Waals surface area contributed by atoms with E-state index >= 15 is 0 Å². The molecule has 0 radical (unpaired) electrons. The zero-order chi connectivity index (χ0) is 14.0. The van der Waals surface area contributed by atoms with Crippen LogP contribution in [0, 0.1) is 0 Å². The quantitative estimate of drug-likeness (QED) is 0.693. The molecule has 0 saturated heterocycles. The van der Waals surface area contributed by atoms with E-state index in [0.717, 1.165) is 10.9 Å². The number of benzene rings is 2. The van der Waals surface area contributed by atoms with Crippen LogP contribution in [0.4, 0.5) is 0 Å². The molecule has 1 unspecified atom stereocenters. The summed E-state index contributed by atoms with van der Waals surface area (Å²) < 4.78 is 18.5. The fraction of sp³-hybridized carbons (Fsp3) is 0.0625. The first-order valence-corrected chi connectivity index (χ1v) is 7.93. The minimum Gasteiger partial charge on any atom is -0.325 e. The van der Waals surface area contributed by atoms with Gasteiger partial charge in [-0.25, -0.2) is 0 Å². The van der Waals surface area contributed by atoms with E-state index in [-0.39, 0.29) is 0 Å². The van der Waals surface area contributed by atoms with E-state index in [2.05, 4.69) is 4.98 Å². The second-order valence-electron chi connectivity index (χ2n) is 4.46. The summed E-state index contributed by atoms with van der Waals surface area (Å²) in [6, 6.07) is 18.9. The average molecular weight is 283 g/mol. The zero-order valence-corrected chi connectivity index (χ0v) is 12.0. The molecule has 4 heteroatoms. The van der Waals surface area contributed by atoms with Crippen molar-refractivity contribution in [3.05, 3.63) is 66.9 Å². The molecule has 2 aromatic carbocycles. The van der Waals surface area contributed by atoms with Gasteiger partial charge in [-0.05, 0) is 24.3 Å². The largest absolute Gasteiger partial charge is 0.325 e. The first-order chi connectivity index (χ1) is 9.74. The van der Waals surface area contributed by atoms with E-state index in [9.17, 15) is 4.57 Å².